The number of rotatable bonds is 5. The van der Waals surface area contributed by atoms with Crippen molar-refractivity contribution in [1.29, 1.82) is 0 Å². The Hall–Kier alpha value is -1.71. The van der Waals surface area contributed by atoms with E-state index >= 15 is 0 Å². The highest BCUT2D eigenvalue weighted by Crippen LogP contribution is 2.27. The maximum Gasteiger partial charge on any atom is 0.139 e. The van der Waals surface area contributed by atoms with E-state index in [1.54, 1.807) is 19.2 Å². The number of nitrogens with one attached hydrogen (secondary N) is 1. The largest absolute Gasteiger partial charge is 0.495 e. The highest BCUT2D eigenvalue weighted by Gasteiger charge is 2.07. The van der Waals surface area contributed by atoms with Gasteiger partial charge in [-0.05, 0) is 17.7 Å². The number of ether oxygens (including phenoxy) is 1. The maximum absolute atomic E-state index is 10.0. The fourth-order valence-corrected chi connectivity index (χ4v) is 1.97. The summed E-state index contributed by atoms with van der Waals surface area (Å²) < 4.78 is 5.14. The normalized spacial score (nSPS) is 11.9. The predicted molar refractivity (Wildman–Crippen MR) is 77.9 cm³/mol. The number of hydrogen-bond donors (Lipinski definition) is 2. The molecular weight excluding hydrogens is 262 g/mol. The van der Waals surface area contributed by atoms with Crippen molar-refractivity contribution in [3.8, 4) is 5.75 Å². The number of methoxy groups -OCH3 is 1. The molecular formula is C15H16ClNO2. The van der Waals surface area contributed by atoms with Crippen molar-refractivity contribution in [3.63, 3.8) is 0 Å². The summed E-state index contributed by atoms with van der Waals surface area (Å²) in [6.45, 7) is 0.425. The lowest BCUT2D eigenvalue weighted by Crippen LogP contribution is -2.12. The summed E-state index contributed by atoms with van der Waals surface area (Å²) in [4.78, 5) is 0. The van der Waals surface area contributed by atoms with Crippen molar-refractivity contribution in [2.24, 2.45) is 0 Å². The lowest BCUT2D eigenvalue weighted by molar-refractivity contribution is 0.191. The van der Waals surface area contributed by atoms with Crippen LogP contribution in [0.4, 0.5) is 5.69 Å². The average molecular weight is 278 g/mol. The summed E-state index contributed by atoms with van der Waals surface area (Å²) in [6.07, 6.45) is -0.553. The van der Waals surface area contributed by atoms with Crippen LogP contribution in [0.25, 0.3) is 0 Å². The van der Waals surface area contributed by atoms with Crippen LogP contribution in [0, 0.1) is 0 Å². The Morgan fingerprint density at radius 2 is 1.95 bits per heavy atom. The van der Waals surface area contributed by atoms with Gasteiger partial charge in [0.15, 0.2) is 0 Å². The molecule has 0 spiro atoms. The van der Waals surface area contributed by atoms with Gasteiger partial charge in [-0.15, -0.1) is 0 Å². The molecule has 2 aromatic carbocycles. The molecule has 0 aliphatic carbocycles. The summed E-state index contributed by atoms with van der Waals surface area (Å²) in [7, 11) is 1.57. The Kier molecular flexibility index (Phi) is 4.66. The van der Waals surface area contributed by atoms with Gasteiger partial charge in [0, 0.05) is 18.3 Å². The molecule has 1 unspecified atom stereocenters. The van der Waals surface area contributed by atoms with E-state index in [-0.39, 0.29) is 0 Å². The van der Waals surface area contributed by atoms with E-state index in [4.69, 9.17) is 16.3 Å². The van der Waals surface area contributed by atoms with Crippen LogP contribution in [0.15, 0.2) is 48.5 Å². The highest BCUT2D eigenvalue weighted by molar-refractivity contribution is 6.32. The molecule has 4 heteroatoms. The Balaban J connectivity index is 1.99. The van der Waals surface area contributed by atoms with Gasteiger partial charge < -0.3 is 15.2 Å². The molecule has 0 saturated carbocycles. The van der Waals surface area contributed by atoms with E-state index < -0.39 is 6.10 Å². The summed E-state index contributed by atoms with van der Waals surface area (Å²) in [6, 6.07) is 14.9. The Morgan fingerprint density at radius 1 is 1.21 bits per heavy atom. The first-order chi connectivity index (χ1) is 9.20. The van der Waals surface area contributed by atoms with E-state index in [1.807, 2.05) is 36.4 Å². The van der Waals surface area contributed by atoms with Crippen LogP contribution < -0.4 is 10.1 Å². The van der Waals surface area contributed by atoms with Gasteiger partial charge in [-0.1, -0.05) is 41.9 Å². The van der Waals surface area contributed by atoms with Crippen molar-refractivity contribution in [2.45, 2.75) is 6.10 Å². The van der Waals surface area contributed by atoms with Crippen LogP contribution in [0.5, 0.6) is 5.75 Å². The minimum Gasteiger partial charge on any atom is -0.495 e. The number of hydrogen-bond acceptors (Lipinski definition) is 3. The molecule has 0 amide bonds. The summed E-state index contributed by atoms with van der Waals surface area (Å²) >= 11 is 5.95. The zero-order valence-electron chi connectivity index (χ0n) is 10.6. The second kappa shape index (κ2) is 6.45. The topological polar surface area (TPSA) is 41.5 Å². The molecule has 2 N–H and O–H groups in total. The summed E-state index contributed by atoms with van der Waals surface area (Å²) in [5.41, 5.74) is 1.74. The van der Waals surface area contributed by atoms with Crippen LogP contribution in [-0.4, -0.2) is 18.8 Å². The fraction of sp³-hybridized carbons (Fsp3) is 0.200. The van der Waals surface area contributed by atoms with Crippen LogP contribution in [0.1, 0.15) is 11.7 Å². The Morgan fingerprint density at radius 3 is 2.63 bits per heavy atom. The van der Waals surface area contributed by atoms with Crippen molar-refractivity contribution in [3.05, 3.63) is 59.1 Å². The van der Waals surface area contributed by atoms with Gasteiger partial charge >= 0.3 is 0 Å². The van der Waals surface area contributed by atoms with E-state index in [0.717, 1.165) is 11.3 Å². The minimum absolute atomic E-state index is 0.425. The van der Waals surface area contributed by atoms with Crippen molar-refractivity contribution in [2.75, 3.05) is 19.0 Å². The number of halogens is 1. The minimum atomic E-state index is -0.553. The highest BCUT2D eigenvalue weighted by atomic mass is 35.5. The smallest absolute Gasteiger partial charge is 0.139 e. The summed E-state index contributed by atoms with van der Waals surface area (Å²) in [5.74, 6) is 0.612. The molecule has 0 aliphatic heterocycles. The molecule has 0 fully saturated rings. The molecule has 0 bridgehead atoms. The third kappa shape index (κ3) is 3.63. The first-order valence-electron chi connectivity index (χ1n) is 6.01. The molecule has 100 valence electrons. The zero-order chi connectivity index (χ0) is 13.7. The maximum atomic E-state index is 10.0. The van der Waals surface area contributed by atoms with Gasteiger partial charge in [-0.25, -0.2) is 0 Å². The lowest BCUT2D eigenvalue weighted by Gasteiger charge is -2.14. The first kappa shape index (κ1) is 13.7. The molecule has 0 radical (unpaired) electrons. The lowest BCUT2D eigenvalue weighted by atomic mass is 10.1. The zero-order valence-corrected chi connectivity index (χ0v) is 11.4. The third-order valence-electron chi connectivity index (χ3n) is 2.83. The molecule has 0 aliphatic rings. The second-order valence-corrected chi connectivity index (χ2v) is 4.56. The molecule has 0 heterocycles. The quantitative estimate of drug-likeness (QED) is 0.879. The van der Waals surface area contributed by atoms with Crippen molar-refractivity contribution in [1.82, 2.24) is 0 Å². The van der Waals surface area contributed by atoms with Gasteiger partial charge in [-0.3, -0.25) is 0 Å². The number of aliphatic hydroxyl groups excluding tert-OH is 1. The average Bonchev–Trinajstić information content (AvgIpc) is 2.47. The van der Waals surface area contributed by atoms with Gasteiger partial charge in [0.25, 0.3) is 0 Å². The number of benzene rings is 2. The van der Waals surface area contributed by atoms with Gasteiger partial charge in [0.1, 0.15) is 5.75 Å². The van der Waals surface area contributed by atoms with Gasteiger partial charge in [0.05, 0.1) is 18.2 Å². The predicted octanol–water partition coefficient (Wildman–Crippen LogP) is 3.49. The van der Waals surface area contributed by atoms with Crippen molar-refractivity contribution >= 4 is 17.3 Å². The fourth-order valence-electron chi connectivity index (χ4n) is 1.78. The van der Waals surface area contributed by atoms with Gasteiger partial charge in [0.2, 0.25) is 0 Å². The molecule has 19 heavy (non-hydrogen) atoms. The van der Waals surface area contributed by atoms with E-state index in [1.165, 1.54) is 0 Å². The second-order valence-electron chi connectivity index (χ2n) is 4.16. The molecule has 2 rings (SSSR count). The standard InChI is InChI=1S/C15H16ClNO2/c1-19-15-9-12(7-8-13(15)16)17-10-14(18)11-5-3-2-4-6-11/h2-9,14,17-18H,10H2,1H3. The third-order valence-corrected chi connectivity index (χ3v) is 3.15. The molecule has 1 atom stereocenters. The van der Waals surface area contributed by atoms with Gasteiger partial charge in [-0.2, -0.15) is 0 Å². The van der Waals surface area contributed by atoms with Crippen molar-refractivity contribution < 1.29 is 9.84 Å². The number of anilines is 1. The van der Waals surface area contributed by atoms with E-state index in [9.17, 15) is 5.11 Å². The molecule has 0 aromatic heterocycles. The van der Waals surface area contributed by atoms with E-state index in [2.05, 4.69) is 5.32 Å². The van der Waals surface area contributed by atoms with Crippen LogP contribution in [0.2, 0.25) is 5.02 Å². The monoisotopic (exact) mass is 277 g/mol. The molecule has 2 aromatic rings. The Bertz CT molecular complexity index is 531. The first-order valence-corrected chi connectivity index (χ1v) is 6.39. The van der Waals surface area contributed by atoms with Crippen LogP contribution >= 0.6 is 11.6 Å². The number of aliphatic hydroxyl groups is 1. The molecule has 3 nitrogen and oxygen atoms in total. The van der Waals surface area contributed by atoms with Crippen LogP contribution in [0.3, 0.4) is 0 Å². The van der Waals surface area contributed by atoms with E-state index in [0.29, 0.717) is 17.3 Å². The molecule has 0 saturated heterocycles. The van der Waals surface area contributed by atoms with Crippen LogP contribution in [-0.2, 0) is 0 Å². The Labute approximate surface area is 117 Å². The SMILES string of the molecule is COc1cc(NCC(O)c2ccccc2)ccc1Cl. The summed E-state index contributed by atoms with van der Waals surface area (Å²) in [5, 5.41) is 13.8.